The van der Waals surface area contributed by atoms with E-state index in [2.05, 4.69) is 5.32 Å². The van der Waals surface area contributed by atoms with Crippen molar-refractivity contribution >= 4 is 11.9 Å². The minimum atomic E-state index is -4.89. The highest BCUT2D eigenvalue weighted by Gasteiger charge is 2.36. The summed E-state index contributed by atoms with van der Waals surface area (Å²) in [4.78, 5) is 24.2. The van der Waals surface area contributed by atoms with Crippen LogP contribution in [0.15, 0.2) is 42.5 Å². The number of alkyl halides is 3. The Bertz CT molecular complexity index is 955. The van der Waals surface area contributed by atoms with E-state index in [4.69, 9.17) is 9.47 Å². The van der Waals surface area contributed by atoms with Crippen LogP contribution in [0.5, 0.6) is 5.75 Å². The van der Waals surface area contributed by atoms with Crippen LogP contribution in [0.2, 0.25) is 0 Å². The number of carbonyl (C=O) groups excluding carboxylic acids is 2. The zero-order valence-corrected chi connectivity index (χ0v) is 18.2. The first-order valence-electron chi connectivity index (χ1n) is 9.97. The lowest BCUT2D eigenvalue weighted by molar-refractivity contribution is -0.158. The van der Waals surface area contributed by atoms with E-state index in [-0.39, 0.29) is 6.61 Å². The topological polar surface area (TPSA) is 64.6 Å². The minimum Gasteiger partial charge on any atom is -0.476 e. The SMILES string of the molecule is CCOC(=O)C(C)(C)Oc1ccc(CC(C)NC(=O)c2cccc(C(F)(F)F)c2F)cc1. The molecule has 2 rings (SSSR count). The molecule has 0 bridgehead atoms. The van der Waals surface area contributed by atoms with Crippen LogP contribution in [0.25, 0.3) is 0 Å². The van der Waals surface area contributed by atoms with Crippen LogP contribution in [-0.2, 0) is 22.1 Å². The summed E-state index contributed by atoms with van der Waals surface area (Å²) >= 11 is 0. The van der Waals surface area contributed by atoms with Crippen molar-refractivity contribution in [3.63, 3.8) is 0 Å². The van der Waals surface area contributed by atoms with Gasteiger partial charge in [-0.25, -0.2) is 9.18 Å². The second-order valence-electron chi connectivity index (χ2n) is 7.72. The maximum atomic E-state index is 14.2. The lowest BCUT2D eigenvalue weighted by Crippen LogP contribution is -2.39. The Balaban J connectivity index is 2.01. The van der Waals surface area contributed by atoms with E-state index in [0.717, 1.165) is 17.7 Å². The summed E-state index contributed by atoms with van der Waals surface area (Å²) in [6.45, 7) is 6.76. The fraction of sp³-hybridized carbons (Fsp3) is 0.391. The molecule has 0 aliphatic rings. The fourth-order valence-electron chi connectivity index (χ4n) is 2.97. The van der Waals surface area contributed by atoms with Crippen molar-refractivity contribution in [2.45, 2.75) is 51.9 Å². The first-order valence-corrected chi connectivity index (χ1v) is 9.97. The molecule has 0 aliphatic heterocycles. The van der Waals surface area contributed by atoms with Crippen LogP contribution in [0.3, 0.4) is 0 Å². The van der Waals surface area contributed by atoms with Gasteiger partial charge in [-0.05, 0) is 63.9 Å². The predicted molar refractivity (Wildman–Crippen MR) is 110 cm³/mol. The average molecular weight is 455 g/mol. The van der Waals surface area contributed by atoms with E-state index < -0.39 is 46.6 Å². The van der Waals surface area contributed by atoms with Crippen LogP contribution in [0, 0.1) is 5.82 Å². The average Bonchev–Trinajstić information content (AvgIpc) is 2.68. The van der Waals surface area contributed by atoms with Crippen molar-refractivity contribution in [2.75, 3.05) is 6.61 Å². The largest absolute Gasteiger partial charge is 0.476 e. The van der Waals surface area contributed by atoms with Crippen molar-refractivity contribution in [2.24, 2.45) is 0 Å². The van der Waals surface area contributed by atoms with Gasteiger partial charge in [-0.3, -0.25) is 4.79 Å². The molecule has 0 fully saturated rings. The van der Waals surface area contributed by atoms with Crippen LogP contribution < -0.4 is 10.1 Å². The number of halogens is 4. The van der Waals surface area contributed by atoms with Gasteiger partial charge in [0.2, 0.25) is 0 Å². The highest BCUT2D eigenvalue weighted by Crippen LogP contribution is 2.32. The van der Waals surface area contributed by atoms with Crippen molar-refractivity contribution in [1.82, 2.24) is 5.32 Å². The van der Waals surface area contributed by atoms with E-state index in [1.807, 2.05) is 0 Å². The quantitative estimate of drug-likeness (QED) is 0.453. The molecule has 0 saturated heterocycles. The molecule has 1 N–H and O–H groups in total. The number of hydrogen-bond donors (Lipinski definition) is 1. The van der Waals surface area contributed by atoms with Gasteiger partial charge in [0, 0.05) is 6.04 Å². The van der Waals surface area contributed by atoms with Gasteiger partial charge in [-0.15, -0.1) is 0 Å². The molecule has 9 heteroatoms. The van der Waals surface area contributed by atoms with E-state index >= 15 is 0 Å². The number of carbonyl (C=O) groups is 2. The first kappa shape index (κ1) is 25.2. The smallest absolute Gasteiger partial charge is 0.419 e. The maximum absolute atomic E-state index is 14.2. The molecule has 1 unspecified atom stereocenters. The molecule has 5 nitrogen and oxygen atoms in total. The highest BCUT2D eigenvalue weighted by atomic mass is 19.4. The van der Waals surface area contributed by atoms with Crippen molar-refractivity contribution < 1.29 is 36.6 Å². The molecule has 0 heterocycles. The third-order valence-electron chi connectivity index (χ3n) is 4.53. The Kier molecular flexibility index (Phi) is 7.87. The molecule has 32 heavy (non-hydrogen) atoms. The Labute approximate surface area is 183 Å². The number of esters is 1. The zero-order valence-electron chi connectivity index (χ0n) is 18.2. The van der Waals surface area contributed by atoms with Gasteiger partial charge < -0.3 is 14.8 Å². The molecule has 174 valence electrons. The summed E-state index contributed by atoms with van der Waals surface area (Å²) in [5.41, 5.74) is -2.53. The third-order valence-corrected chi connectivity index (χ3v) is 4.53. The fourth-order valence-corrected chi connectivity index (χ4v) is 2.97. The lowest BCUT2D eigenvalue weighted by atomic mass is 10.0. The standard InChI is InChI=1S/C23H25F4NO4/c1-5-31-21(30)22(3,4)32-16-11-9-15(10-12-16)13-14(2)28-20(29)17-7-6-8-18(19(17)24)23(25,26)27/h6-12,14H,5,13H2,1-4H3,(H,28,29). The van der Waals surface area contributed by atoms with E-state index in [1.54, 1.807) is 52.0 Å². The Morgan fingerprint density at radius 1 is 1.06 bits per heavy atom. The van der Waals surface area contributed by atoms with Gasteiger partial charge in [0.1, 0.15) is 11.6 Å². The van der Waals surface area contributed by atoms with E-state index in [0.29, 0.717) is 18.2 Å². The summed E-state index contributed by atoms with van der Waals surface area (Å²) in [6.07, 6.45) is -4.55. The molecule has 1 atom stereocenters. The van der Waals surface area contributed by atoms with Crippen molar-refractivity contribution in [1.29, 1.82) is 0 Å². The molecule has 1 amide bonds. The molecule has 0 aromatic heterocycles. The molecule has 0 aliphatic carbocycles. The number of nitrogens with one attached hydrogen (secondary N) is 1. The van der Waals surface area contributed by atoms with Crippen molar-refractivity contribution in [3.05, 3.63) is 65.0 Å². The van der Waals surface area contributed by atoms with Gasteiger partial charge in [0.05, 0.1) is 17.7 Å². The monoisotopic (exact) mass is 455 g/mol. The number of ether oxygens (including phenoxy) is 2. The number of hydrogen-bond acceptors (Lipinski definition) is 4. The Morgan fingerprint density at radius 2 is 1.69 bits per heavy atom. The molecular formula is C23H25F4NO4. The zero-order chi connectivity index (χ0) is 24.1. The first-order chi connectivity index (χ1) is 14.8. The van der Waals surface area contributed by atoms with E-state index in [9.17, 15) is 27.2 Å². The maximum Gasteiger partial charge on any atom is 0.419 e. The van der Waals surface area contributed by atoms with Crippen LogP contribution >= 0.6 is 0 Å². The van der Waals surface area contributed by atoms with Crippen LogP contribution in [0.4, 0.5) is 17.6 Å². The summed E-state index contributed by atoms with van der Waals surface area (Å²) < 4.78 is 63.4. The highest BCUT2D eigenvalue weighted by molar-refractivity contribution is 5.94. The van der Waals surface area contributed by atoms with Gasteiger partial charge in [0.15, 0.2) is 5.60 Å². The summed E-state index contributed by atoms with van der Waals surface area (Å²) in [6, 6.07) is 8.84. The molecular weight excluding hydrogens is 430 g/mol. The van der Waals surface area contributed by atoms with Gasteiger partial charge in [-0.1, -0.05) is 18.2 Å². The number of benzene rings is 2. The second kappa shape index (κ2) is 10.0. The van der Waals surface area contributed by atoms with Crippen LogP contribution in [0.1, 0.15) is 49.2 Å². The lowest BCUT2D eigenvalue weighted by Gasteiger charge is -2.24. The summed E-state index contributed by atoms with van der Waals surface area (Å²) in [5.74, 6) is -2.59. The predicted octanol–water partition coefficient (Wildman–Crippen LogP) is 4.93. The number of rotatable bonds is 8. The second-order valence-corrected chi connectivity index (χ2v) is 7.72. The molecule has 0 radical (unpaired) electrons. The molecule has 2 aromatic rings. The van der Waals surface area contributed by atoms with Crippen LogP contribution in [-0.4, -0.2) is 30.1 Å². The van der Waals surface area contributed by atoms with Gasteiger partial charge in [-0.2, -0.15) is 13.2 Å². The minimum absolute atomic E-state index is 0.235. The summed E-state index contributed by atoms with van der Waals surface area (Å²) in [5, 5.41) is 2.51. The summed E-state index contributed by atoms with van der Waals surface area (Å²) in [7, 11) is 0. The Hall–Kier alpha value is -3.10. The van der Waals surface area contributed by atoms with Gasteiger partial charge >= 0.3 is 12.1 Å². The van der Waals surface area contributed by atoms with E-state index in [1.165, 1.54) is 0 Å². The molecule has 0 spiro atoms. The molecule has 0 saturated carbocycles. The van der Waals surface area contributed by atoms with Gasteiger partial charge in [0.25, 0.3) is 5.91 Å². The van der Waals surface area contributed by atoms with Crippen molar-refractivity contribution in [3.8, 4) is 5.75 Å². The third kappa shape index (κ3) is 6.45. The number of amides is 1. The Morgan fingerprint density at radius 3 is 2.25 bits per heavy atom. The normalized spacial score (nSPS) is 12.8. The molecule has 2 aromatic carbocycles.